The highest BCUT2D eigenvalue weighted by Crippen LogP contribution is 2.26. The predicted octanol–water partition coefficient (Wildman–Crippen LogP) is 3.68. The summed E-state index contributed by atoms with van der Waals surface area (Å²) in [7, 11) is 0. The molecular weight excluding hydrogens is 246 g/mol. The van der Waals surface area contributed by atoms with E-state index in [1.54, 1.807) is 0 Å². The highest BCUT2D eigenvalue weighted by atomic mass is 15.3. The molecule has 20 heavy (non-hydrogen) atoms. The van der Waals surface area contributed by atoms with Crippen molar-refractivity contribution in [2.24, 2.45) is 5.92 Å². The summed E-state index contributed by atoms with van der Waals surface area (Å²) in [5.41, 5.74) is 3.95. The Bertz CT molecular complexity index is 573. The van der Waals surface area contributed by atoms with Gasteiger partial charge in [0.2, 0.25) is 0 Å². The summed E-state index contributed by atoms with van der Waals surface area (Å²) < 4.78 is 2.10. The molecule has 3 nitrogen and oxygen atoms in total. The number of fused-ring (bicyclic) bond motifs is 1. The summed E-state index contributed by atoms with van der Waals surface area (Å²) in [6.07, 6.45) is 5.46. The highest BCUT2D eigenvalue weighted by molar-refractivity contribution is 5.53. The van der Waals surface area contributed by atoms with Gasteiger partial charge in [0.05, 0.1) is 5.69 Å². The van der Waals surface area contributed by atoms with E-state index in [9.17, 15) is 0 Å². The average Bonchev–Trinajstić information content (AvgIpc) is 2.95. The van der Waals surface area contributed by atoms with Gasteiger partial charge in [-0.3, -0.25) is 4.68 Å². The Morgan fingerprint density at radius 3 is 3.05 bits per heavy atom. The predicted molar refractivity (Wildman–Crippen MR) is 83.1 cm³/mol. The molecule has 0 amide bonds. The lowest BCUT2D eigenvalue weighted by molar-refractivity contribution is 0.464. The first-order chi connectivity index (χ1) is 9.76. The molecule has 0 aliphatic carbocycles. The fourth-order valence-corrected chi connectivity index (χ4v) is 2.87. The molecule has 0 saturated heterocycles. The number of para-hydroxylation sites is 1. The number of anilines is 1. The molecule has 1 aliphatic rings. The van der Waals surface area contributed by atoms with Crippen LogP contribution in [0, 0.1) is 5.92 Å². The zero-order valence-electron chi connectivity index (χ0n) is 12.3. The van der Waals surface area contributed by atoms with E-state index in [1.807, 2.05) is 0 Å². The molecule has 1 aliphatic heterocycles. The summed E-state index contributed by atoms with van der Waals surface area (Å²) in [5.74, 6) is 0.644. The zero-order valence-corrected chi connectivity index (χ0v) is 12.3. The molecule has 3 heteroatoms. The van der Waals surface area contributed by atoms with Gasteiger partial charge in [-0.15, -0.1) is 0 Å². The Morgan fingerprint density at radius 1 is 1.35 bits per heavy atom. The molecule has 2 atom stereocenters. The summed E-state index contributed by atoms with van der Waals surface area (Å²) in [6.45, 7) is 5.47. The van der Waals surface area contributed by atoms with E-state index in [1.165, 1.54) is 16.9 Å². The number of rotatable bonds is 4. The van der Waals surface area contributed by atoms with Crippen molar-refractivity contribution in [3.63, 3.8) is 0 Å². The van der Waals surface area contributed by atoms with Crippen molar-refractivity contribution >= 4 is 5.69 Å². The number of aromatic nitrogens is 2. The monoisotopic (exact) mass is 269 g/mol. The molecule has 0 spiro atoms. The molecule has 1 aromatic heterocycles. The summed E-state index contributed by atoms with van der Waals surface area (Å²) >= 11 is 0. The zero-order chi connectivity index (χ0) is 13.9. The maximum Gasteiger partial charge on any atom is 0.0628 e. The SMILES string of the molecule is CCC(C)n1ccc(CC2CNc3ccccc3C2)n1. The molecule has 2 unspecified atom stereocenters. The maximum atomic E-state index is 4.72. The van der Waals surface area contributed by atoms with Crippen molar-refractivity contribution in [3.8, 4) is 0 Å². The van der Waals surface area contributed by atoms with Crippen molar-refractivity contribution in [1.82, 2.24) is 9.78 Å². The van der Waals surface area contributed by atoms with Crippen LogP contribution in [0.15, 0.2) is 36.5 Å². The van der Waals surface area contributed by atoms with Gasteiger partial charge in [-0.25, -0.2) is 0 Å². The third-order valence-electron chi connectivity index (χ3n) is 4.31. The number of hydrogen-bond acceptors (Lipinski definition) is 2. The normalized spacial score (nSPS) is 19.2. The van der Waals surface area contributed by atoms with Crippen LogP contribution in [-0.2, 0) is 12.8 Å². The van der Waals surface area contributed by atoms with E-state index in [-0.39, 0.29) is 0 Å². The molecule has 2 aromatic rings. The van der Waals surface area contributed by atoms with Crippen LogP contribution in [0.4, 0.5) is 5.69 Å². The van der Waals surface area contributed by atoms with Crippen LogP contribution >= 0.6 is 0 Å². The van der Waals surface area contributed by atoms with E-state index < -0.39 is 0 Å². The molecule has 2 heterocycles. The highest BCUT2D eigenvalue weighted by Gasteiger charge is 2.19. The third-order valence-corrected chi connectivity index (χ3v) is 4.31. The van der Waals surface area contributed by atoms with Crippen LogP contribution in [0.25, 0.3) is 0 Å². The first kappa shape index (κ1) is 13.2. The van der Waals surface area contributed by atoms with Crippen LogP contribution in [0.2, 0.25) is 0 Å². The van der Waals surface area contributed by atoms with Gasteiger partial charge in [0.25, 0.3) is 0 Å². The van der Waals surface area contributed by atoms with Crippen molar-refractivity contribution in [3.05, 3.63) is 47.8 Å². The molecule has 0 saturated carbocycles. The second kappa shape index (κ2) is 5.70. The van der Waals surface area contributed by atoms with Crippen LogP contribution in [0.1, 0.15) is 37.6 Å². The number of hydrogen-bond donors (Lipinski definition) is 1. The first-order valence-electron chi connectivity index (χ1n) is 7.62. The molecular formula is C17H23N3. The smallest absolute Gasteiger partial charge is 0.0628 e. The minimum absolute atomic E-state index is 0.494. The number of nitrogens with zero attached hydrogens (tertiary/aromatic N) is 2. The fourth-order valence-electron chi connectivity index (χ4n) is 2.87. The average molecular weight is 269 g/mol. The van der Waals surface area contributed by atoms with Crippen LogP contribution < -0.4 is 5.32 Å². The molecule has 1 N–H and O–H groups in total. The Hall–Kier alpha value is -1.77. The topological polar surface area (TPSA) is 29.9 Å². The molecule has 3 rings (SSSR count). The Labute approximate surface area is 121 Å². The van der Waals surface area contributed by atoms with Crippen LogP contribution in [0.3, 0.4) is 0 Å². The van der Waals surface area contributed by atoms with Gasteiger partial charge in [-0.2, -0.15) is 5.10 Å². The Balaban J connectivity index is 1.66. The van der Waals surface area contributed by atoms with E-state index in [0.29, 0.717) is 12.0 Å². The molecule has 1 aromatic carbocycles. The van der Waals surface area contributed by atoms with Crippen LogP contribution in [-0.4, -0.2) is 16.3 Å². The minimum atomic E-state index is 0.494. The largest absolute Gasteiger partial charge is 0.385 e. The van der Waals surface area contributed by atoms with Gasteiger partial charge < -0.3 is 5.32 Å². The summed E-state index contributed by atoms with van der Waals surface area (Å²) in [6, 6.07) is 11.3. The van der Waals surface area contributed by atoms with Crippen molar-refractivity contribution < 1.29 is 0 Å². The van der Waals surface area contributed by atoms with Gasteiger partial charge >= 0.3 is 0 Å². The minimum Gasteiger partial charge on any atom is -0.385 e. The lowest BCUT2D eigenvalue weighted by Crippen LogP contribution is -2.25. The molecule has 0 radical (unpaired) electrons. The van der Waals surface area contributed by atoms with E-state index in [4.69, 9.17) is 5.10 Å². The Morgan fingerprint density at radius 2 is 2.20 bits per heavy atom. The lowest BCUT2D eigenvalue weighted by atomic mass is 9.90. The number of benzene rings is 1. The van der Waals surface area contributed by atoms with Crippen LogP contribution in [0.5, 0.6) is 0 Å². The molecule has 106 valence electrons. The Kier molecular flexibility index (Phi) is 3.77. The first-order valence-corrected chi connectivity index (χ1v) is 7.62. The van der Waals surface area contributed by atoms with Gasteiger partial charge in [0.1, 0.15) is 0 Å². The third kappa shape index (κ3) is 2.72. The van der Waals surface area contributed by atoms with E-state index >= 15 is 0 Å². The standard InChI is InChI=1S/C17H23N3/c1-3-13(2)20-9-8-16(19-20)11-14-10-15-6-4-5-7-17(15)18-12-14/h4-9,13-14,18H,3,10-12H2,1-2H3. The quantitative estimate of drug-likeness (QED) is 0.917. The molecule has 0 bridgehead atoms. The van der Waals surface area contributed by atoms with E-state index in [2.05, 4.69) is 60.4 Å². The van der Waals surface area contributed by atoms with E-state index in [0.717, 1.165) is 25.8 Å². The van der Waals surface area contributed by atoms with Gasteiger partial charge in [0.15, 0.2) is 0 Å². The molecule has 0 fully saturated rings. The fraction of sp³-hybridized carbons (Fsp3) is 0.471. The second-order valence-electron chi connectivity index (χ2n) is 5.86. The maximum absolute atomic E-state index is 4.72. The number of nitrogens with one attached hydrogen (secondary N) is 1. The van der Waals surface area contributed by atoms with Gasteiger partial charge in [0, 0.05) is 24.5 Å². The summed E-state index contributed by atoms with van der Waals surface area (Å²) in [4.78, 5) is 0. The van der Waals surface area contributed by atoms with Gasteiger partial charge in [-0.05, 0) is 49.8 Å². The summed E-state index contributed by atoms with van der Waals surface area (Å²) in [5, 5.41) is 8.26. The van der Waals surface area contributed by atoms with Gasteiger partial charge in [-0.1, -0.05) is 25.1 Å². The van der Waals surface area contributed by atoms with Crippen molar-refractivity contribution in [2.45, 2.75) is 39.2 Å². The van der Waals surface area contributed by atoms with Crippen molar-refractivity contribution in [1.29, 1.82) is 0 Å². The lowest BCUT2D eigenvalue weighted by Gasteiger charge is -2.25. The van der Waals surface area contributed by atoms with Crippen molar-refractivity contribution in [2.75, 3.05) is 11.9 Å². The second-order valence-corrected chi connectivity index (χ2v) is 5.86.